The first-order chi connectivity index (χ1) is 8.63. The Kier molecular flexibility index (Phi) is 2.30. The molecule has 1 aromatic heterocycles. The summed E-state index contributed by atoms with van der Waals surface area (Å²) in [5.74, 6) is 6.75. The topological polar surface area (TPSA) is 53.4 Å². The van der Waals surface area contributed by atoms with Gasteiger partial charge in [-0.15, -0.1) is 0 Å². The van der Waals surface area contributed by atoms with Crippen LogP contribution in [0.1, 0.15) is 19.0 Å². The molecule has 2 aliphatic rings. The van der Waals surface area contributed by atoms with Crippen molar-refractivity contribution in [1.82, 2.24) is 9.88 Å². The second kappa shape index (κ2) is 3.74. The van der Waals surface area contributed by atoms with Crippen LogP contribution in [-0.4, -0.2) is 33.7 Å². The minimum absolute atomic E-state index is 0.0174. The van der Waals surface area contributed by atoms with Crippen molar-refractivity contribution in [3.63, 3.8) is 0 Å². The molecule has 2 fully saturated rings. The summed E-state index contributed by atoms with van der Waals surface area (Å²) in [6.07, 6.45) is 1.89. The van der Waals surface area contributed by atoms with Gasteiger partial charge in [-0.05, 0) is 37.3 Å². The molecule has 4 heteroatoms. The number of pyridine rings is 1. The smallest absolute Gasteiger partial charge is 0.407 e. The van der Waals surface area contributed by atoms with E-state index in [1.165, 1.54) is 4.90 Å². The molecule has 1 saturated carbocycles. The van der Waals surface area contributed by atoms with E-state index in [0.29, 0.717) is 12.5 Å². The van der Waals surface area contributed by atoms with Crippen LogP contribution >= 0.6 is 0 Å². The van der Waals surface area contributed by atoms with Gasteiger partial charge in [0.15, 0.2) is 0 Å². The lowest BCUT2D eigenvalue weighted by atomic mass is 9.98. The van der Waals surface area contributed by atoms with Crippen molar-refractivity contribution in [3.8, 4) is 11.8 Å². The average molecular weight is 242 g/mol. The molecular weight excluding hydrogens is 228 g/mol. The van der Waals surface area contributed by atoms with Crippen LogP contribution in [-0.2, 0) is 0 Å². The Morgan fingerprint density at radius 3 is 3.06 bits per heavy atom. The Labute approximate surface area is 106 Å². The summed E-state index contributed by atoms with van der Waals surface area (Å²) in [5, 5.41) is 9.09. The van der Waals surface area contributed by atoms with Gasteiger partial charge in [0.25, 0.3) is 0 Å². The predicted molar refractivity (Wildman–Crippen MR) is 65.8 cm³/mol. The van der Waals surface area contributed by atoms with E-state index in [-0.39, 0.29) is 11.5 Å². The monoisotopic (exact) mass is 242 g/mol. The summed E-state index contributed by atoms with van der Waals surface area (Å²) in [6, 6.07) is 5.61. The molecule has 18 heavy (non-hydrogen) atoms. The Morgan fingerprint density at radius 1 is 1.61 bits per heavy atom. The minimum atomic E-state index is -0.839. The van der Waals surface area contributed by atoms with E-state index in [1.807, 2.05) is 25.1 Å². The summed E-state index contributed by atoms with van der Waals surface area (Å²) in [6.45, 7) is 2.57. The van der Waals surface area contributed by atoms with Crippen molar-refractivity contribution in [2.24, 2.45) is 11.3 Å². The number of hydrogen-bond acceptors (Lipinski definition) is 2. The van der Waals surface area contributed by atoms with Crippen LogP contribution in [0.4, 0.5) is 4.79 Å². The number of amides is 1. The molecule has 3 rings (SSSR count). The highest BCUT2D eigenvalue weighted by atomic mass is 16.4. The van der Waals surface area contributed by atoms with Crippen LogP contribution in [0.15, 0.2) is 24.4 Å². The van der Waals surface area contributed by atoms with Crippen molar-refractivity contribution >= 4 is 6.09 Å². The van der Waals surface area contributed by atoms with Crippen LogP contribution in [0.25, 0.3) is 0 Å². The third kappa shape index (κ3) is 1.55. The SMILES string of the molecule is CC1N(C(=O)O)CC2CC21C#Cc1ccccn1. The minimum Gasteiger partial charge on any atom is -0.465 e. The standard InChI is InChI=1S/C14H14N2O2/c1-10-14(6-5-12-4-2-3-7-15-12)8-11(14)9-16(10)13(17)18/h2-4,7,10-11H,8-9H2,1H3,(H,17,18). The number of rotatable bonds is 0. The highest BCUT2D eigenvalue weighted by Gasteiger charge is 2.65. The molecule has 0 radical (unpaired) electrons. The summed E-state index contributed by atoms with van der Waals surface area (Å²) in [5.41, 5.74) is 0.620. The summed E-state index contributed by atoms with van der Waals surface area (Å²) in [4.78, 5) is 16.7. The number of carbonyl (C=O) groups is 1. The number of aromatic nitrogens is 1. The third-order valence-electron chi connectivity index (χ3n) is 4.12. The van der Waals surface area contributed by atoms with E-state index in [0.717, 1.165) is 12.1 Å². The first kappa shape index (κ1) is 11.1. The quantitative estimate of drug-likeness (QED) is 0.706. The zero-order valence-electron chi connectivity index (χ0n) is 10.1. The highest BCUT2D eigenvalue weighted by Crippen LogP contribution is 2.61. The molecular formula is C14H14N2O2. The van der Waals surface area contributed by atoms with Crippen molar-refractivity contribution in [1.29, 1.82) is 0 Å². The molecule has 1 N–H and O–H groups in total. The second-order valence-electron chi connectivity index (χ2n) is 5.02. The Hall–Kier alpha value is -2.02. The zero-order chi connectivity index (χ0) is 12.8. The second-order valence-corrected chi connectivity index (χ2v) is 5.02. The van der Waals surface area contributed by atoms with E-state index in [2.05, 4.69) is 16.8 Å². The normalized spacial score (nSPS) is 32.4. The molecule has 92 valence electrons. The molecule has 1 amide bonds. The number of nitrogens with zero attached hydrogens (tertiary/aromatic N) is 2. The van der Waals surface area contributed by atoms with Crippen LogP contribution in [0, 0.1) is 23.2 Å². The zero-order valence-corrected chi connectivity index (χ0v) is 10.1. The summed E-state index contributed by atoms with van der Waals surface area (Å²) in [7, 11) is 0. The maximum atomic E-state index is 11.1. The average Bonchev–Trinajstić information content (AvgIpc) is 3.01. The van der Waals surface area contributed by atoms with Gasteiger partial charge in [-0.3, -0.25) is 0 Å². The highest BCUT2D eigenvalue weighted by molar-refractivity contribution is 5.67. The Balaban J connectivity index is 1.83. The van der Waals surface area contributed by atoms with Gasteiger partial charge in [0.05, 0.1) is 5.41 Å². The molecule has 0 bridgehead atoms. The van der Waals surface area contributed by atoms with Crippen molar-refractivity contribution in [3.05, 3.63) is 30.1 Å². The van der Waals surface area contributed by atoms with Gasteiger partial charge >= 0.3 is 6.09 Å². The molecule has 2 heterocycles. The van der Waals surface area contributed by atoms with Crippen molar-refractivity contribution < 1.29 is 9.90 Å². The molecule has 4 nitrogen and oxygen atoms in total. The third-order valence-corrected chi connectivity index (χ3v) is 4.12. The van der Waals surface area contributed by atoms with Crippen LogP contribution < -0.4 is 0 Å². The van der Waals surface area contributed by atoms with Crippen LogP contribution in [0.3, 0.4) is 0 Å². The Morgan fingerprint density at radius 2 is 2.44 bits per heavy atom. The first-order valence-electron chi connectivity index (χ1n) is 6.07. The van der Waals surface area contributed by atoms with Crippen LogP contribution in [0.5, 0.6) is 0 Å². The molecule has 0 aromatic carbocycles. The largest absolute Gasteiger partial charge is 0.465 e. The van der Waals surface area contributed by atoms with E-state index < -0.39 is 6.09 Å². The number of hydrogen-bond donors (Lipinski definition) is 1. The van der Waals surface area contributed by atoms with Crippen LogP contribution in [0.2, 0.25) is 0 Å². The summed E-state index contributed by atoms with van der Waals surface area (Å²) < 4.78 is 0. The van der Waals surface area contributed by atoms with E-state index in [9.17, 15) is 4.79 Å². The van der Waals surface area contributed by atoms with Gasteiger partial charge in [-0.2, -0.15) is 0 Å². The van der Waals surface area contributed by atoms with E-state index in [1.54, 1.807) is 6.20 Å². The maximum Gasteiger partial charge on any atom is 0.407 e. The molecule has 1 aliphatic heterocycles. The van der Waals surface area contributed by atoms with E-state index >= 15 is 0 Å². The van der Waals surface area contributed by atoms with Gasteiger partial charge < -0.3 is 10.0 Å². The van der Waals surface area contributed by atoms with Gasteiger partial charge in [0, 0.05) is 18.8 Å². The Bertz CT molecular complexity index is 546. The molecule has 1 saturated heterocycles. The number of likely N-dealkylation sites (tertiary alicyclic amines) is 1. The molecule has 3 unspecified atom stereocenters. The lowest BCUT2D eigenvalue weighted by molar-refractivity contribution is 0.132. The maximum absolute atomic E-state index is 11.1. The first-order valence-corrected chi connectivity index (χ1v) is 6.07. The fourth-order valence-electron chi connectivity index (χ4n) is 2.88. The fraction of sp³-hybridized carbons (Fsp3) is 0.429. The van der Waals surface area contributed by atoms with Gasteiger partial charge in [0.1, 0.15) is 5.69 Å². The molecule has 0 spiro atoms. The van der Waals surface area contributed by atoms with Gasteiger partial charge in [0.2, 0.25) is 0 Å². The molecule has 1 aromatic rings. The number of piperidine rings is 1. The number of carboxylic acid groups (broad SMARTS) is 1. The number of fused-ring (bicyclic) bond motifs is 1. The van der Waals surface area contributed by atoms with Crippen molar-refractivity contribution in [2.75, 3.05) is 6.54 Å². The molecule has 3 atom stereocenters. The van der Waals surface area contributed by atoms with Gasteiger partial charge in [-0.1, -0.05) is 12.0 Å². The lowest BCUT2D eigenvalue weighted by Crippen LogP contribution is -2.37. The van der Waals surface area contributed by atoms with E-state index in [4.69, 9.17) is 5.11 Å². The van der Waals surface area contributed by atoms with Gasteiger partial charge in [-0.25, -0.2) is 9.78 Å². The fourth-order valence-corrected chi connectivity index (χ4v) is 2.88. The van der Waals surface area contributed by atoms with Crippen molar-refractivity contribution in [2.45, 2.75) is 19.4 Å². The summed E-state index contributed by atoms with van der Waals surface area (Å²) >= 11 is 0. The lowest BCUT2D eigenvalue weighted by Gasteiger charge is -2.23. The predicted octanol–water partition coefficient (Wildman–Crippen LogP) is 1.82. The molecule has 1 aliphatic carbocycles.